The van der Waals surface area contributed by atoms with E-state index in [0.717, 1.165) is 13.0 Å². The molecule has 0 aliphatic carbocycles. The van der Waals surface area contributed by atoms with Crippen molar-refractivity contribution in [2.45, 2.75) is 19.3 Å². The van der Waals surface area contributed by atoms with Gasteiger partial charge in [0.25, 0.3) is 0 Å². The molecule has 0 saturated carbocycles. The van der Waals surface area contributed by atoms with Crippen LogP contribution in [-0.4, -0.2) is 18.6 Å². The molecule has 2 nitrogen and oxygen atoms in total. The highest BCUT2D eigenvalue weighted by molar-refractivity contribution is 5.14. The normalized spacial score (nSPS) is 12.8. The maximum Gasteiger partial charge on any atom is 0.0303 e. The van der Waals surface area contributed by atoms with Crippen molar-refractivity contribution in [3.8, 4) is 0 Å². The van der Waals surface area contributed by atoms with Gasteiger partial charge < -0.3 is 5.32 Å². The Kier molecular flexibility index (Phi) is 3.74. The van der Waals surface area contributed by atoms with E-state index in [1.807, 2.05) is 25.5 Å². The molecule has 1 atom stereocenters. The third-order valence-corrected chi connectivity index (χ3v) is 2.10. The Bertz CT molecular complexity index is 208. The van der Waals surface area contributed by atoms with Gasteiger partial charge in [0.05, 0.1) is 0 Å². The summed E-state index contributed by atoms with van der Waals surface area (Å²) in [6, 6.07) is 4.13. The number of hydrogen-bond acceptors (Lipinski definition) is 2. The number of nitrogens with zero attached hydrogens (tertiary/aromatic N) is 1. The standard InChI is InChI=1S/C10H16N2/c1-3-9(7-11-2)10-5-4-6-12-8-10/h4-6,8-9,11H,3,7H2,1-2H3. The predicted molar refractivity (Wildman–Crippen MR) is 51.2 cm³/mol. The van der Waals surface area contributed by atoms with Crippen LogP contribution in [0.25, 0.3) is 0 Å². The van der Waals surface area contributed by atoms with E-state index < -0.39 is 0 Å². The van der Waals surface area contributed by atoms with Crippen molar-refractivity contribution >= 4 is 0 Å². The zero-order valence-electron chi connectivity index (χ0n) is 7.75. The minimum atomic E-state index is 0.601. The second-order valence-electron chi connectivity index (χ2n) is 2.95. The molecule has 0 aliphatic heterocycles. The number of pyridine rings is 1. The van der Waals surface area contributed by atoms with Gasteiger partial charge in [0.1, 0.15) is 0 Å². The van der Waals surface area contributed by atoms with Crippen LogP contribution in [0, 0.1) is 0 Å². The van der Waals surface area contributed by atoms with Crippen LogP contribution >= 0.6 is 0 Å². The summed E-state index contributed by atoms with van der Waals surface area (Å²) in [5, 5.41) is 3.19. The van der Waals surface area contributed by atoms with Gasteiger partial charge in [-0.3, -0.25) is 4.98 Å². The number of rotatable bonds is 4. The van der Waals surface area contributed by atoms with Crippen LogP contribution in [-0.2, 0) is 0 Å². The molecule has 0 aliphatic rings. The predicted octanol–water partition coefficient (Wildman–Crippen LogP) is 1.79. The molecular formula is C10H16N2. The average Bonchev–Trinajstić information content (AvgIpc) is 2.15. The van der Waals surface area contributed by atoms with Crippen LogP contribution in [0.3, 0.4) is 0 Å². The van der Waals surface area contributed by atoms with Crippen LogP contribution in [0.15, 0.2) is 24.5 Å². The topological polar surface area (TPSA) is 24.9 Å². The highest BCUT2D eigenvalue weighted by Crippen LogP contribution is 2.16. The third kappa shape index (κ3) is 2.31. The first-order valence-corrected chi connectivity index (χ1v) is 4.43. The van der Waals surface area contributed by atoms with Gasteiger partial charge >= 0.3 is 0 Å². The summed E-state index contributed by atoms with van der Waals surface area (Å²) < 4.78 is 0. The lowest BCUT2D eigenvalue weighted by Crippen LogP contribution is -2.16. The molecule has 0 aromatic carbocycles. The summed E-state index contributed by atoms with van der Waals surface area (Å²) in [6.07, 6.45) is 4.92. The van der Waals surface area contributed by atoms with Gasteiger partial charge in [-0.05, 0) is 31.0 Å². The molecular weight excluding hydrogens is 148 g/mol. The third-order valence-electron chi connectivity index (χ3n) is 2.10. The molecule has 1 rings (SSSR count). The lowest BCUT2D eigenvalue weighted by atomic mass is 9.98. The highest BCUT2D eigenvalue weighted by atomic mass is 14.8. The van der Waals surface area contributed by atoms with E-state index in [1.165, 1.54) is 5.56 Å². The van der Waals surface area contributed by atoms with Crippen LogP contribution in [0.1, 0.15) is 24.8 Å². The Hall–Kier alpha value is -0.890. The van der Waals surface area contributed by atoms with Crippen LogP contribution in [0.5, 0.6) is 0 Å². The second kappa shape index (κ2) is 4.88. The summed E-state index contributed by atoms with van der Waals surface area (Å²) in [6.45, 7) is 3.23. The minimum absolute atomic E-state index is 0.601. The zero-order valence-corrected chi connectivity index (χ0v) is 7.75. The number of nitrogens with one attached hydrogen (secondary N) is 1. The Morgan fingerprint density at radius 2 is 2.42 bits per heavy atom. The molecule has 1 unspecified atom stereocenters. The Morgan fingerprint density at radius 3 is 2.92 bits per heavy atom. The Morgan fingerprint density at radius 1 is 1.58 bits per heavy atom. The first-order valence-electron chi connectivity index (χ1n) is 4.43. The smallest absolute Gasteiger partial charge is 0.0303 e. The van der Waals surface area contributed by atoms with Gasteiger partial charge in [-0.1, -0.05) is 13.0 Å². The Labute approximate surface area is 74.0 Å². The van der Waals surface area contributed by atoms with Crippen molar-refractivity contribution in [3.05, 3.63) is 30.1 Å². The quantitative estimate of drug-likeness (QED) is 0.734. The Balaban J connectivity index is 2.66. The lowest BCUT2D eigenvalue weighted by molar-refractivity contribution is 0.610. The van der Waals surface area contributed by atoms with E-state index in [4.69, 9.17) is 0 Å². The molecule has 0 bridgehead atoms. The molecule has 0 amide bonds. The molecule has 1 N–H and O–H groups in total. The highest BCUT2D eigenvalue weighted by Gasteiger charge is 2.06. The van der Waals surface area contributed by atoms with Crippen molar-refractivity contribution in [1.82, 2.24) is 10.3 Å². The molecule has 12 heavy (non-hydrogen) atoms. The fourth-order valence-electron chi connectivity index (χ4n) is 1.36. The number of aromatic nitrogens is 1. The van der Waals surface area contributed by atoms with Crippen LogP contribution in [0.4, 0.5) is 0 Å². The van der Waals surface area contributed by atoms with E-state index >= 15 is 0 Å². The van der Waals surface area contributed by atoms with Crippen molar-refractivity contribution in [2.75, 3.05) is 13.6 Å². The molecule has 1 heterocycles. The molecule has 1 aromatic heterocycles. The van der Waals surface area contributed by atoms with Gasteiger partial charge in [-0.15, -0.1) is 0 Å². The molecule has 0 spiro atoms. The molecule has 0 fully saturated rings. The van der Waals surface area contributed by atoms with Gasteiger partial charge in [0.15, 0.2) is 0 Å². The molecule has 0 radical (unpaired) electrons. The first-order chi connectivity index (χ1) is 5.88. The lowest BCUT2D eigenvalue weighted by Gasteiger charge is -2.13. The molecule has 0 saturated heterocycles. The summed E-state index contributed by atoms with van der Waals surface area (Å²) in [7, 11) is 1.99. The van der Waals surface area contributed by atoms with Gasteiger partial charge in [0.2, 0.25) is 0 Å². The molecule has 2 heteroatoms. The van der Waals surface area contributed by atoms with Gasteiger partial charge in [0, 0.05) is 18.9 Å². The van der Waals surface area contributed by atoms with E-state index in [1.54, 1.807) is 0 Å². The van der Waals surface area contributed by atoms with E-state index in [-0.39, 0.29) is 0 Å². The van der Waals surface area contributed by atoms with E-state index in [9.17, 15) is 0 Å². The maximum absolute atomic E-state index is 4.11. The molecule has 66 valence electrons. The summed E-state index contributed by atoms with van der Waals surface area (Å²) in [5.74, 6) is 0.601. The fraction of sp³-hybridized carbons (Fsp3) is 0.500. The number of likely N-dealkylation sites (N-methyl/N-ethyl adjacent to an activating group) is 1. The van der Waals surface area contributed by atoms with Crippen molar-refractivity contribution in [1.29, 1.82) is 0 Å². The van der Waals surface area contributed by atoms with E-state index in [0.29, 0.717) is 5.92 Å². The monoisotopic (exact) mass is 164 g/mol. The SMILES string of the molecule is CCC(CNC)c1cccnc1. The molecule has 1 aromatic rings. The van der Waals surface area contributed by atoms with Crippen molar-refractivity contribution < 1.29 is 0 Å². The van der Waals surface area contributed by atoms with Crippen LogP contribution < -0.4 is 5.32 Å². The second-order valence-corrected chi connectivity index (χ2v) is 2.95. The summed E-state index contributed by atoms with van der Waals surface area (Å²) >= 11 is 0. The fourth-order valence-corrected chi connectivity index (χ4v) is 1.36. The minimum Gasteiger partial charge on any atom is -0.319 e. The number of hydrogen-bond donors (Lipinski definition) is 1. The van der Waals surface area contributed by atoms with Crippen molar-refractivity contribution in [3.63, 3.8) is 0 Å². The summed E-state index contributed by atoms with van der Waals surface area (Å²) in [4.78, 5) is 4.11. The van der Waals surface area contributed by atoms with E-state index in [2.05, 4.69) is 23.3 Å². The maximum atomic E-state index is 4.11. The zero-order chi connectivity index (χ0) is 8.81. The average molecular weight is 164 g/mol. The largest absolute Gasteiger partial charge is 0.319 e. The van der Waals surface area contributed by atoms with Crippen molar-refractivity contribution in [2.24, 2.45) is 0 Å². The first kappa shape index (κ1) is 9.20. The summed E-state index contributed by atoms with van der Waals surface area (Å²) in [5.41, 5.74) is 1.33. The van der Waals surface area contributed by atoms with Gasteiger partial charge in [-0.2, -0.15) is 0 Å². The van der Waals surface area contributed by atoms with Gasteiger partial charge in [-0.25, -0.2) is 0 Å². The van der Waals surface area contributed by atoms with Crippen LogP contribution in [0.2, 0.25) is 0 Å².